The van der Waals surface area contributed by atoms with Gasteiger partial charge in [0.2, 0.25) is 0 Å². The van der Waals surface area contributed by atoms with E-state index in [1.54, 1.807) is 18.9 Å². The molecule has 1 aliphatic rings. The zero-order valence-electron chi connectivity index (χ0n) is 15.1. The van der Waals surface area contributed by atoms with Crippen molar-refractivity contribution in [1.29, 1.82) is 0 Å². The SMILES string of the molecule is COc1cccc(-c2[nH]ncc2C(=O)N2CCc3c(nc(C)[nH]c3=O)C2)c1. The maximum absolute atomic E-state index is 13.1. The van der Waals surface area contributed by atoms with Crippen molar-refractivity contribution < 1.29 is 9.53 Å². The number of carbonyl (C=O) groups is 1. The van der Waals surface area contributed by atoms with E-state index in [4.69, 9.17) is 4.74 Å². The number of methoxy groups -OCH3 is 1. The molecule has 0 spiro atoms. The van der Waals surface area contributed by atoms with E-state index in [2.05, 4.69) is 20.2 Å². The van der Waals surface area contributed by atoms with Crippen molar-refractivity contribution >= 4 is 5.91 Å². The third-order valence-corrected chi connectivity index (χ3v) is 4.71. The minimum Gasteiger partial charge on any atom is -0.497 e. The third-order valence-electron chi connectivity index (χ3n) is 4.71. The first-order chi connectivity index (χ1) is 13.1. The monoisotopic (exact) mass is 365 g/mol. The summed E-state index contributed by atoms with van der Waals surface area (Å²) in [7, 11) is 1.60. The van der Waals surface area contributed by atoms with Gasteiger partial charge in [-0.15, -0.1) is 0 Å². The van der Waals surface area contributed by atoms with Crippen molar-refractivity contribution in [1.82, 2.24) is 25.1 Å². The number of hydrogen-bond acceptors (Lipinski definition) is 5. The first kappa shape index (κ1) is 17.0. The summed E-state index contributed by atoms with van der Waals surface area (Å²) in [4.78, 5) is 34.0. The topological polar surface area (TPSA) is 104 Å². The van der Waals surface area contributed by atoms with E-state index in [9.17, 15) is 9.59 Å². The lowest BCUT2D eigenvalue weighted by molar-refractivity contribution is 0.0732. The fourth-order valence-electron chi connectivity index (χ4n) is 3.35. The zero-order valence-corrected chi connectivity index (χ0v) is 15.1. The lowest BCUT2D eigenvalue weighted by atomic mass is 10.0. The number of ether oxygens (including phenoxy) is 1. The number of aromatic amines is 2. The van der Waals surface area contributed by atoms with Gasteiger partial charge in [0.05, 0.1) is 36.8 Å². The Labute approximate surface area is 155 Å². The Bertz CT molecular complexity index is 1070. The molecule has 8 nitrogen and oxygen atoms in total. The number of nitrogens with one attached hydrogen (secondary N) is 2. The van der Waals surface area contributed by atoms with Gasteiger partial charge in [0.25, 0.3) is 11.5 Å². The molecule has 0 radical (unpaired) electrons. The Hall–Kier alpha value is -3.42. The summed E-state index contributed by atoms with van der Waals surface area (Å²) in [6.45, 7) is 2.50. The number of aromatic nitrogens is 4. The number of H-pyrrole nitrogens is 2. The summed E-state index contributed by atoms with van der Waals surface area (Å²) in [5.41, 5.74) is 3.13. The highest BCUT2D eigenvalue weighted by atomic mass is 16.5. The summed E-state index contributed by atoms with van der Waals surface area (Å²) < 4.78 is 5.26. The van der Waals surface area contributed by atoms with Gasteiger partial charge < -0.3 is 14.6 Å². The van der Waals surface area contributed by atoms with Crippen molar-refractivity contribution in [3.63, 3.8) is 0 Å². The Morgan fingerprint density at radius 3 is 3.00 bits per heavy atom. The van der Waals surface area contributed by atoms with E-state index >= 15 is 0 Å². The van der Waals surface area contributed by atoms with Crippen LogP contribution in [-0.4, -0.2) is 44.6 Å². The Kier molecular flexibility index (Phi) is 4.23. The minimum absolute atomic E-state index is 0.120. The quantitative estimate of drug-likeness (QED) is 0.735. The van der Waals surface area contributed by atoms with Crippen molar-refractivity contribution in [3.8, 4) is 17.0 Å². The molecule has 8 heteroatoms. The minimum atomic E-state index is -0.146. The number of carbonyl (C=O) groups excluding carboxylic acids is 1. The standard InChI is InChI=1S/C19H19N5O3/c1-11-21-16-10-24(7-6-14(16)18(25)22-11)19(26)15-9-20-23-17(15)12-4-3-5-13(8-12)27-2/h3-5,8-9H,6-7,10H2,1-2H3,(H,20,23)(H,21,22,25). The number of nitrogens with zero attached hydrogens (tertiary/aromatic N) is 3. The largest absolute Gasteiger partial charge is 0.497 e. The first-order valence-electron chi connectivity index (χ1n) is 8.62. The van der Waals surface area contributed by atoms with Gasteiger partial charge in [-0.2, -0.15) is 5.10 Å². The van der Waals surface area contributed by atoms with Crippen LogP contribution in [0.4, 0.5) is 0 Å². The molecular formula is C19H19N5O3. The number of hydrogen-bond donors (Lipinski definition) is 2. The van der Waals surface area contributed by atoms with Crippen LogP contribution in [0.3, 0.4) is 0 Å². The Morgan fingerprint density at radius 2 is 2.19 bits per heavy atom. The first-order valence-corrected chi connectivity index (χ1v) is 8.62. The van der Waals surface area contributed by atoms with Gasteiger partial charge >= 0.3 is 0 Å². The van der Waals surface area contributed by atoms with Crippen LogP contribution in [0.1, 0.15) is 27.4 Å². The highest BCUT2D eigenvalue weighted by Gasteiger charge is 2.27. The second-order valence-electron chi connectivity index (χ2n) is 6.44. The fourth-order valence-corrected chi connectivity index (χ4v) is 3.35. The lowest BCUT2D eigenvalue weighted by Crippen LogP contribution is -2.39. The molecule has 3 heterocycles. The van der Waals surface area contributed by atoms with Gasteiger partial charge in [-0.05, 0) is 25.5 Å². The van der Waals surface area contributed by atoms with Crippen LogP contribution in [0.2, 0.25) is 0 Å². The van der Waals surface area contributed by atoms with E-state index in [0.29, 0.717) is 53.6 Å². The molecule has 138 valence electrons. The third kappa shape index (κ3) is 3.10. The van der Waals surface area contributed by atoms with Crippen LogP contribution in [0, 0.1) is 6.92 Å². The van der Waals surface area contributed by atoms with E-state index in [-0.39, 0.29) is 11.5 Å². The van der Waals surface area contributed by atoms with Crippen LogP contribution in [0.25, 0.3) is 11.3 Å². The predicted octanol–water partition coefficient (Wildman–Crippen LogP) is 1.68. The molecule has 0 atom stereocenters. The summed E-state index contributed by atoms with van der Waals surface area (Å²) in [5, 5.41) is 6.97. The van der Waals surface area contributed by atoms with Crippen molar-refractivity contribution in [3.05, 3.63) is 63.5 Å². The average molecular weight is 365 g/mol. The molecule has 1 amide bonds. The molecular weight excluding hydrogens is 346 g/mol. The van der Waals surface area contributed by atoms with E-state index in [0.717, 1.165) is 5.56 Å². The number of amides is 1. The van der Waals surface area contributed by atoms with Crippen LogP contribution >= 0.6 is 0 Å². The second-order valence-corrected chi connectivity index (χ2v) is 6.44. The van der Waals surface area contributed by atoms with E-state index in [1.807, 2.05) is 24.3 Å². The van der Waals surface area contributed by atoms with Crippen LogP contribution in [-0.2, 0) is 13.0 Å². The van der Waals surface area contributed by atoms with Gasteiger partial charge in [-0.1, -0.05) is 12.1 Å². The predicted molar refractivity (Wildman–Crippen MR) is 98.6 cm³/mol. The average Bonchev–Trinajstić information content (AvgIpc) is 3.16. The molecule has 2 N–H and O–H groups in total. The number of rotatable bonds is 3. The number of aryl methyl sites for hydroxylation is 1. The zero-order chi connectivity index (χ0) is 19.0. The molecule has 4 rings (SSSR count). The highest BCUT2D eigenvalue weighted by Crippen LogP contribution is 2.27. The van der Waals surface area contributed by atoms with E-state index < -0.39 is 0 Å². The van der Waals surface area contributed by atoms with Crippen LogP contribution in [0.15, 0.2) is 35.3 Å². The van der Waals surface area contributed by atoms with Crippen molar-refractivity contribution in [2.75, 3.05) is 13.7 Å². The van der Waals surface area contributed by atoms with Gasteiger partial charge in [0.15, 0.2) is 0 Å². The summed E-state index contributed by atoms with van der Waals surface area (Å²) in [6.07, 6.45) is 2.01. The molecule has 0 fully saturated rings. The van der Waals surface area contributed by atoms with Crippen molar-refractivity contribution in [2.24, 2.45) is 0 Å². The fraction of sp³-hybridized carbons (Fsp3) is 0.263. The van der Waals surface area contributed by atoms with Gasteiger partial charge in [0.1, 0.15) is 11.6 Å². The molecule has 0 aliphatic carbocycles. The molecule has 2 aromatic heterocycles. The maximum Gasteiger partial charge on any atom is 0.258 e. The summed E-state index contributed by atoms with van der Waals surface area (Å²) >= 11 is 0. The van der Waals surface area contributed by atoms with Gasteiger partial charge in [0, 0.05) is 17.7 Å². The van der Waals surface area contributed by atoms with Gasteiger partial charge in [-0.3, -0.25) is 14.7 Å². The summed E-state index contributed by atoms with van der Waals surface area (Å²) in [6, 6.07) is 7.44. The molecule has 0 unspecified atom stereocenters. The molecule has 1 aliphatic heterocycles. The Balaban J connectivity index is 1.65. The molecule has 1 aromatic carbocycles. The molecule has 3 aromatic rings. The maximum atomic E-state index is 13.1. The molecule has 0 bridgehead atoms. The number of benzene rings is 1. The normalized spacial score (nSPS) is 13.3. The van der Waals surface area contributed by atoms with Crippen LogP contribution < -0.4 is 10.3 Å². The second kappa shape index (κ2) is 6.71. The highest BCUT2D eigenvalue weighted by molar-refractivity contribution is 5.99. The van der Waals surface area contributed by atoms with E-state index in [1.165, 1.54) is 6.20 Å². The summed E-state index contributed by atoms with van der Waals surface area (Å²) in [5.74, 6) is 1.10. The molecule has 0 saturated heterocycles. The molecule has 27 heavy (non-hydrogen) atoms. The number of fused-ring (bicyclic) bond motifs is 1. The molecule has 0 saturated carbocycles. The van der Waals surface area contributed by atoms with Gasteiger partial charge in [-0.25, -0.2) is 4.98 Å². The Morgan fingerprint density at radius 1 is 1.33 bits per heavy atom. The smallest absolute Gasteiger partial charge is 0.258 e. The van der Waals surface area contributed by atoms with Crippen molar-refractivity contribution in [2.45, 2.75) is 19.9 Å². The lowest BCUT2D eigenvalue weighted by Gasteiger charge is -2.27. The van der Waals surface area contributed by atoms with Crippen LogP contribution in [0.5, 0.6) is 5.75 Å².